The maximum absolute atomic E-state index is 13.0. The van der Waals surface area contributed by atoms with Gasteiger partial charge in [-0.2, -0.15) is 0 Å². The molecule has 2 heterocycles. The van der Waals surface area contributed by atoms with Crippen LogP contribution in [0.25, 0.3) is 0 Å². The Hall–Kier alpha value is -2.99. The minimum atomic E-state index is -1.68. The van der Waals surface area contributed by atoms with Crippen molar-refractivity contribution in [1.29, 1.82) is 0 Å². The lowest BCUT2D eigenvalue weighted by atomic mass is 9.88. The van der Waals surface area contributed by atoms with Crippen molar-refractivity contribution >= 4 is 11.6 Å². The van der Waals surface area contributed by atoms with Gasteiger partial charge in [0.15, 0.2) is 5.60 Å². The molecule has 1 aliphatic rings. The first-order valence-electron chi connectivity index (χ1n) is 7.25. The van der Waals surface area contributed by atoms with Crippen molar-refractivity contribution in [2.75, 3.05) is 4.90 Å². The fourth-order valence-corrected chi connectivity index (χ4v) is 2.99. The highest BCUT2D eigenvalue weighted by molar-refractivity contribution is 6.08. The standard InChI is InChI=1S/C17H14N4O2/c22-16-17(23,13-6-2-1-3-7-13)14-8-4-5-9-15(14)21(16)12-20-11-10-18-19-20/h1-11,23H,12H2. The van der Waals surface area contributed by atoms with E-state index in [-0.39, 0.29) is 12.6 Å². The van der Waals surface area contributed by atoms with Gasteiger partial charge < -0.3 is 5.11 Å². The summed E-state index contributed by atoms with van der Waals surface area (Å²) in [5.74, 6) is -0.389. The summed E-state index contributed by atoms with van der Waals surface area (Å²) in [6.45, 7) is 0.199. The van der Waals surface area contributed by atoms with Crippen LogP contribution in [0.15, 0.2) is 67.0 Å². The fraction of sp³-hybridized carbons (Fsp3) is 0.118. The molecule has 4 rings (SSSR count). The van der Waals surface area contributed by atoms with Gasteiger partial charge in [0, 0.05) is 11.8 Å². The summed E-state index contributed by atoms with van der Waals surface area (Å²) < 4.78 is 1.55. The van der Waals surface area contributed by atoms with Gasteiger partial charge in [-0.3, -0.25) is 9.69 Å². The van der Waals surface area contributed by atoms with Crippen molar-refractivity contribution in [3.8, 4) is 0 Å². The van der Waals surface area contributed by atoms with E-state index in [2.05, 4.69) is 10.3 Å². The van der Waals surface area contributed by atoms with E-state index in [1.54, 1.807) is 35.3 Å². The van der Waals surface area contributed by atoms with Crippen LogP contribution in [0.4, 0.5) is 5.69 Å². The van der Waals surface area contributed by atoms with Gasteiger partial charge in [-0.25, -0.2) is 4.68 Å². The molecule has 3 aromatic rings. The van der Waals surface area contributed by atoms with Gasteiger partial charge in [0.25, 0.3) is 5.91 Å². The van der Waals surface area contributed by atoms with E-state index in [0.29, 0.717) is 16.8 Å². The molecule has 1 N–H and O–H groups in total. The van der Waals surface area contributed by atoms with Crippen LogP contribution in [0.1, 0.15) is 11.1 Å². The van der Waals surface area contributed by atoms with Gasteiger partial charge in [-0.1, -0.05) is 53.7 Å². The molecular weight excluding hydrogens is 292 g/mol. The first kappa shape index (κ1) is 13.7. The van der Waals surface area contributed by atoms with Gasteiger partial charge in [-0.05, 0) is 11.6 Å². The van der Waals surface area contributed by atoms with Crippen LogP contribution in [0, 0.1) is 0 Å². The number of aromatic nitrogens is 3. The zero-order chi connectivity index (χ0) is 15.9. The third-order valence-corrected chi connectivity index (χ3v) is 4.09. The highest BCUT2D eigenvalue weighted by atomic mass is 16.3. The number of fused-ring (bicyclic) bond motifs is 1. The van der Waals surface area contributed by atoms with E-state index < -0.39 is 5.60 Å². The van der Waals surface area contributed by atoms with E-state index in [4.69, 9.17) is 0 Å². The number of para-hydroxylation sites is 1. The second-order valence-electron chi connectivity index (χ2n) is 5.41. The van der Waals surface area contributed by atoms with Crippen LogP contribution in [-0.4, -0.2) is 26.0 Å². The van der Waals surface area contributed by atoms with E-state index in [1.807, 2.05) is 36.4 Å². The molecule has 2 aromatic carbocycles. The first-order chi connectivity index (χ1) is 11.2. The number of aliphatic hydroxyl groups is 1. The number of carbonyl (C=O) groups excluding carboxylic acids is 1. The molecule has 1 unspecified atom stereocenters. The van der Waals surface area contributed by atoms with Crippen molar-refractivity contribution < 1.29 is 9.90 Å². The fourth-order valence-electron chi connectivity index (χ4n) is 2.99. The molecule has 0 spiro atoms. The predicted octanol–water partition coefficient (Wildman–Crippen LogP) is 1.52. The molecule has 0 radical (unpaired) electrons. The molecule has 1 aliphatic heterocycles. The first-order valence-corrected chi connectivity index (χ1v) is 7.25. The lowest BCUT2D eigenvalue weighted by Crippen LogP contribution is -2.41. The molecule has 0 saturated heterocycles. The molecule has 1 atom stereocenters. The monoisotopic (exact) mass is 306 g/mol. The van der Waals surface area contributed by atoms with Crippen molar-refractivity contribution in [2.24, 2.45) is 0 Å². The predicted molar refractivity (Wildman–Crippen MR) is 83.4 cm³/mol. The second kappa shape index (κ2) is 5.03. The van der Waals surface area contributed by atoms with Crippen LogP contribution >= 0.6 is 0 Å². The van der Waals surface area contributed by atoms with Crippen LogP contribution in [0.3, 0.4) is 0 Å². The minimum Gasteiger partial charge on any atom is -0.372 e. The molecule has 0 saturated carbocycles. The smallest absolute Gasteiger partial charge is 0.270 e. The average Bonchev–Trinajstić information content (AvgIpc) is 3.19. The van der Waals surface area contributed by atoms with Crippen LogP contribution < -0.4 is 4.90 Å². The van der Waals surface area contributed by atoms with Gasteiger partial charge in [-0.15, -0.1) is 5.10 Å². The van der Waals surface area contributed by atoms with E-state index >= 15 is 0 Å². The van der Waals surface area contributed by atoms with Gasteiger partial charge in [0.1, 0.15) is 6.67 Å². The number of hydrogen-bond acceptors (Lipinski definition) is 4. The number of benzene rings is 2. The van der Waals surface area contributed by atoms with Crippen molar-refractivity contribution in [1.82, 2.24) is 15.0 Å². The Morgan fingerprint density at radius 3 is 2.52 bits per heavy atom. The summed E-state index contributed by atoms with van der Waals surface area (Å²) in [4.78, 5) is 14.6. The number of anilines is 1. The van der Waals surface area contributed by atoms with Crippen molar-refractivity contribution in [3.63, 3.8) is 0 Å². The van der Waals surface area contributed by atoms with Gasteiger partial charge >= 0.3 is 0 Å². The molecular formula is C17H14N4O2. The van der Waals surface area contributed by atoms with Gasteiger partial charge in [0.2, 0.25) is 0 Å². The third kappa shape index (κ3) is 1.96. The Morgan fingerprint density at radius 2 is 1.78 bits per heavy atom. The quantitative estimate of drug-likeness (QED) is 0.796. The molecule has 0 fully saturated rings. The zero-order valence-electron chi connectivity index (χ0n) is 12.2. The number of rotatable bonds is 3. The molecule has 1 amide bonds. The summed E-state index contributed by atoms with van der Waals surface area (Å²) in [6, 6.07) is 16.3. The largest absolute Gasteiger partial charge is 0.372 e. The Morgan fingerprint density at radius 1 is 1.04 bits per heavy atom. The van der Waals surface area contributed by atoms with Crippen LogP contribution in [0.2, 0.25) is 0 Å². The lowest BCUT2D eigenvalue weighted by Gasteiger charge is -2.23. The summed E-state index contributed by atoms with van der Waals surface area (Å²) in [5.41, 5.74) is 0.132. The SMILES string of the molecule is O=C1N(Cn2ccnn2)c2ccccc2C1(O)c1ccccc1. The van der Waals surface area contributed by atoms with E-state index in [0.717, 1.165) is 0 Å². The normalized spacial score (nSPS) is 19.9. The average molecular weight is 306 g/mol. The third-order valence-electron chi connectivity index (χ3n) is 4.09. The lowest BCUT2D eigenvalue weighted by molar-refractivity contribution is -0.132. The zero-order valence-corrected chi connectivity index (χ0v) is 12.2. The van der Waals surface area contributed by atoms with Crippen molar-refractivity contribution in [3.05, 3.63) is 78.1 Å². The molecule has 114 valence electrons. The van der Waals surface area contributed by atoms with Gasteiger partial charge in [0.05, 0.1) is 11.9 Å². The molecule has 6 nitrogen and oxygen atoms in total. The number of hydrogen-bond donors (Lipinski definition) is 1. The maximum Gasteiger partial charge on any atom is 0.270 e. The minimum absolute atomic E-state index is 0.199. The second-order valence-corrected chi connectivity index (χ2v) is 5.41. The number of amides is 1. The Kier molecular flexibility index (Phi) is 2.99. The van der Waals surface area contributed by atoms with Crippen LogP contribution in [0.5, 0.6) is 0 Å². The Balaban J connectivity index is 1.85. The molecule has 23 heavy (non-hydrogen) atoms. The Labute approximate surface area is 132 Å². The maximum atomic E-state index is 13.0. The highest BCUT2D eigenvalue weighted by Crippen LogP contribution is 2.44. The summed E-state index contributed by atoms with van der Waals surface area (Å²) in [6.07, 6.45) is 3.23. The molecule has 0 aliphatic carbocycles. The number of nitrogens with zero attached hydrogens (tertiary/aromatic N) is 4. The molecule has 0 bridgehead atoms. The van der Waals surface area contributed by atoms with Crippen molar-refractivity contribution in [2.45, 2.75) is 12.3 Å². The molecule has 6 heteroatoms. The summed E-state index contributed by atoms with van der Waals surface area (Å²) in [5, 5.41) is 18.9. The highest BCUT2D eigenvalue weighted by Gasteiger charge is 2.50. The summed E-state index contributed by atoms with van der Waals surface area (Å²) >= 11 is 0. The topological polar surface area (TPSA) is 71.2 Å². The van der Waals surface area contributed by atoms with E-state index in [1.165, 1.54) is 4.90 Å². The van der Waals surface area contributed by atoms with E-state index in [9.17, 15) is 9.90 Å². The number of carbonyl (C=O) groups is 1. The molecule has 1 aromatic heterocycles. The Bertz CT molecular complexity index is 848. The summed E-state index contributed by atoms with van der Waals surface area (Å²) in [7, 11) is 0. The van der Waals surface area contributed by atoms with Crippen LogP contribution in [-0.2, 0) is 17.1 Å².